The first-order valence-corrected chi connectivity index (χ1v) is 27.2. The van der Waals surface area contributed by atoms with Gasteiger partial charge in [0, 0.05) is 0 Å². The van der Waals surface area contributed by atoms with E-state index < -0.39 is 0 Å². The third kappa shape index (κ3) is 350. The Morgan fingerprint density at radius 3 is 0.410 bits per heavy atom. The first kappa shape index (κ1) is 95.3. The molecule has 0 aliphatic heterocycles. The number of hydrogen-bond acceptors (Lipinski definition) is 0. The molecule has 0 nitrogen and oxygen atoms in total. The molecule has 0 aromatic carbocycles. The highest BCUT2D eigenvalue weighted by Gasteiger charge is 2.09. The highest BCUT2D eigenvalue weighted by molar-refractivity contribution is 4.61. The van der Waals surface area contributed by atoms with Crippen molar-refractivity contribution in [3.05, 3.63) is 0 Å². The fraction of sp³-hybridized carbons (Fsp3) is 1.00. The quantitative estimate of drug-likeness (QED) is 0.239. The number of hydrogen-bond donors (Lipinski definition) is 0. The molecule has 0 N–H and O–H groups in total. The summed E-state index contributed by atoms with van der Waals surface area (Å²) in [5.74, 6) is 3.54. The maximum atomic E-state index is 2.30. The van der Waals surface area contributed by atoms with Crippen molar-refractivity contribution in [2.45, 2.75) is 354 Å². The molecule has 0 rings (SSSR count). The lowest BCUT2D eigenvalue weighted by atomic mass is 9.88. The Hall–Kier alpha value is 0. The van der Waals surface area contributed by atoms with Crippen LogP contribution >= 0.6 is 0 Å². The summed E-state index contributed by atoms with van der Waals surface area (Å²) < 4.78 is 0. The lowest BCUT2D eigenvalue weighted by Crippen LogP contribution is -2.05. The number of unbranched alkanes of at least 4 members (excludes halogenated alkanes) is 1. The minimum atomic E-state index is 0.500. The highest BCUT2D eigenvalue weighted by atomic mass is 14.2. The van der Waals surface area contributed by atoms with Gasteiger partial charge < -0.3 is 0 Å². The molecule has 0 saturated heterocycles. The van der Waals surface area contributed by atoms with E-state index in [-0.39, 0.29) is 0 Å². The average Bonchev–Trinajstić information content (AvgIpc) is 3.16. The summed E-state index contributed by atoms with van der Waals surface area (Å²) in [4.78, 5) is 0. The van der Waals surface area contributed by atoms with E-state index in [4.69, 9.17) is 0 Å². The van der Waals surface area contributed by atoms with E-state index in [2.05, 4.69) is 249 Å². The molecule has 61 heavy (non-hydrogen) atoms. The van der Waals surface area contributed by atoms with Gasteiger partial charge in [0.25, 0.3) is 0 Å². The van der Waals surface area contributed by atoms with E-state index in [0.717, 1.165) is 23.7 Å². The summed E-state index contributed by atoms with van der Waals surface area (Å²) >= 11 is 0. The summed E-state index contributed by atoms with van der Waals surface area (Å²) in [7, 11) is 0. The third-order valence-electron chi connectivity index (χ3n) is 8.62. The Labute approximate surface area is 403 Å². The van der Waals surface area contributed by atoms with Crippen LogP contribution in [0.5, 0.6) is 0 Å². The zero-order valence-corrected chi connectivity index (χ0v) is 53.3. The van der Waals surface area contributed by atoms with Crippen molar-refractivity contribution in [3.8, 4) is 0 Å². The smallest absolute Gasteiger partial charge is 0.0359 e. The lowest BCUT2D eigenvalue weighted by Gasteiger charge is -2.18. The van der Waals surface area contributed by atoms with Crippen molar-refractivity contribution in [1.29, 1.82) is 0 Å². The van der Waals surface area contributed by atoms with Crippen molar-refractivity contribution < 1.29 is 0 Å². The van der Waals surface area contributed by atoms with Crippen LogP contribution < -0.4 is 0 Å². The first-order valence-electron chi connectivity index (χ1n) is 27.2. The molecule has 0 amide bonds. The van der Waals surface area contributed by atoms with Gasteiger partial charge in [0.1, 0.15) is 0 Å². The van der Waals surface area contributed by atoms with Crippen LogP contribution in [0, 0.1) is 50.7 Å². The Bertz CT molecular complexity index is 511. The first-order chi connectivity index (χ1) is 27.2. The van der Waals surface area contributed by atoms with Gasteiger partial charge in [-0.05, 0) is 50.7 Å². The summed E-state index contributed by atoms with van der Waals surface area (Å²) in [6, 6.07) is 0. The molecular formula is C61H148. The second-order valence-corrected chi connectivity index (χ2v) is 23.6. The van der Waals surface area contributed by atoms with E-state index in [1.807, 2.05) is 27.7 Å². The largest absolute Gasteiger partial charge is 0.0683 e. The van der Waals surface area contributed by atoms with Crippen LogP contribution in [0.1, 0.15) is 354 Å². The van der Waals surface area contributed by atoms with Gasteiger partial charge in [-0.15, -0.1) is 0 Å². The van der Waals surface area contributed by atoms with Crippen LogP contribution in [-0.4, -0.2) is 0 Å². The molecule has 0 aliphatic carbocycles. The van der Waals surface area contributed by atoms with Crippen molar-refractivity contribution in [2.24, 2.45) is 50.7 Å². The van der Waals surface area contributed by atoms with E-state index in [0.29, 0.717) is 27.1 Å². The molecule has 0 spiro atoms. The normalized spacial score (nSPS) is 10.0. The maximum Gasteiger partial charge on any atom is -0.0359 e. The predicted octanol–water partition coefficient (Wildman–Crippen LogP) is 25.7. The van der Waals surface area contributed by atoms with Gasteiger partial charge in [-0.1, -0.05) is 354 Å². The zero-order chi connectivity index (χ0) is 53.3. The van der Waals surface area contributed by atoms with Gasteiger partial charge >= 0.3 is 0 Å². The van der Waals surface area contributed by atoms with E-state index >= 15 is 0 Å². The van der Waals surface area contributed by atoms with Gasteiger partial charge in [-0.2, -0.15) is 0 Å². The molecule has 392 valence electrons. The van der Waals surface area contributed by atoms with Crippen LogP contribution in [0.2, 0.25) is 0 Å². The van der Waals surface area contributed by atoms with Crippen LogP contribution in [0.25, 0.3) is 0 Å². The molecule has 0 aromatic heterocycles. The predicted molar refractivity (Wildman–Crippen MR) is 308 cm³/mol. The molecule has 0 aliphatic rings. The summed E-state index contributed by atoms with van der Waals surface area (Å²) in [6.07, 6.45) is 15.6. The monoisotopic (exact) mass is 881 g/mol. The molecule has 0 atom stereocenters. The summed E-state index contributed by atoms with van der Waals surface area (Å²) in [5, 5.41) is 0. The highest BCUT2D eigenvalue weighted by Crippen LogP contribution is 2.22. The fourth-order valence-electron chi connectivity index (χ4n) is 0.539. The minimum Gasteiger partial charge on any atom is -0.0683 e. The number of rotatable bonds is 7. The molecule has 0 aromatic rings. The zero-order valence-electron chi connectivity index (χ0n) is 53.3. The Kier molecular flexibility index (Phi) is 112. The maximum absolute atomic E-state index is 2.30. The van der Waals surface area contributed by atoms with E-state index in [1.165, 1.54) is 77.0 Å². The van der Waals surface area contributed by atoms with Crippen molar-refractivity contribution in [1.82, 2.24) is 0 Å². The molecule has 0 radical (unpaired) electrons. The second-order valence-electron chi connectivity index (χ2n) is 23.6. The SMILES string of the molecule is CC.CC.CC(C)(C)C.CC(C)C.CCC.CCC(C)(C)C.CCC(C)(C)C.CCC(C)(C)C.CCC(C)(C)CC.CCC(C)C.CCC(C)C.CCC(C)CC.CCCC. The lowest BCUT2D eigenvalue weighted by molar-refractivity contribution is 0.338. The molecule has 0 fully saturated rings. The Morgan fingerprint density at radius 2 is 0.410 bits per heavy atom. The standard InChI is InChI=1S/C7H16.4C6H14.3C5H12.2C4H10.C3H8.2C2H6/c1-5-7(3,4)6-2;3*1-5-6(2,3)4;1-4-6(3)5-2;1-5(2,3)4;2*1-4-5(2)3;1-4(2)3;1-3-4-2;1-3-2;2*1-2/h5-6H2,1-4H3;3*5H2,1-4H3;6H,4-5H2,1-3H3;1-4H3;2*5H,4H2,1-3H3;4H,1-3H3;3-4H2,1-2H3;3H2,1-2H3;2*1-2H3. The topological polar surface area (TPSA) is 0 Å². The molecule has 0 heterocycles. The minimum absolute atomic E-state index is 0.500. The summed E-state index contributed by atoms with van der Waals surface area (Å²) in [6.45, 7) is 87.8. The van der Waals surface area contributed by atoms with Crippen LogP contribution in [-0.2, 0) is 0 Å². The molecule has 0 heteroatoms. The molecule has 0 saturated carbocycles. The molecule has 0 bridgehead atoms. The van der Waals surface area contributed by atoms with E-state index in [1.54, 1.807) is 0 Å². The molecular weight excluding hydrogens is 733 g/mol. The van der Waals surface area contributed by atoms with Gasteiger partial charge in [0.15, 0.2) is 0 Å². The Morgan fingerprint density at radius 1 is 0.295 bits per heavy atom. The van der Waals surface area contributed by atoms with Crippen molar-refractivity contribution in [2.75, 3.05) is 0 Å². The van der Waals surface area contributed by atoms with Crippen LogP contribution in [0.4, 0.5) is 0 Å². The van der Waals surface area contributed by atoms with Gasteiger partial charge in [0.05, 0.1) is 0 Å². The van der Waals surface area contributed by atoms with Crippen molar-refractivity contribution >= 4 is 0 Å². The Balaban J connectivity index is -0.0000000376. The third-order valence-corrected chi connectivity index (χ3v) is 8.62. The van der Waals surface area contributed by atoms with Gasteiger partial charge in [0.2, 0.25) is 0 Å². The van der Waals surface area contributed by atoms with Gasteiger partial charge in [-0.3, -0.25) is 0 Å². The second kappa shape index (κ2) is 71.6. The average molecular weight is 882 g/mol. The van der Waals surface area contributed by atoms with E-state index in [9.17, 15) is 0 Å². The van der Waals surface area contributed by atoms with Crippen LogP contribution in [0.15, 0.2) is 0 Å². The summed E-state index contributed by atoms with van der Waals surface area (Å²) in [5.41, 5.74) is 2.71. The van der Waals surface area contributed by atoms with Gasteiger partial charge in [-0.25, -0.2) is 0 Å². The van der Waals surface area contributed by atoms with Crippen LogP contribution in [0.3, 0.4) is 0 Å². The molecule has 0 unspecified atom stereocenters. The fourth-order valence-corrected chi connectivity index (χ4v) is 0.539. The van der Waals surface area contributed by atoms with Crippen molar-refractivity contribution in [3.63, 3.8) is 0 Å².